The van der Waals surface area contributed by atoms with E-state index in [2.05, 4.69) is 4.98 Å². The van der Waals surface area contributed by atoms with E-state index in [1.54, 1.807) is 11.3 Å². The highest BCUT2D eigenvalue weighted by molar-refractivity contribution is 7.99. The fourth-order valence-corrected chi connectivity index (χ4v) is 4.79. The van der Waals surface area contributed by atoms with E-state index in [0.29, 0.717) is 4.90 Å². The van der Waals surface area contributed by atoms with Crippen LogP contribution in [0.1, 0.15) is 10.6 Å². The fourth-order valence-electron chi connectivity index (χ4n) is 2.63. The molecule has 1 aliphatic rings. The number of nitrogens with zero attached hydrogens (tertiary/aromatic N) is 1. The van der Waals surface area contributed by atoms with E-state index in [1.165, 1.54) is 23.9 Å². The number of rotatable bonds is 0. The summed E-state index contributed by atoms with van der Waals surface area (Å²) in [5.41, 5.74) is 1.94. The lowest BCUT2D eigenvalue weighted by atomic mass is 10.0. The Morgan fingerprint density at radius 2 is 1.74 bits per heavy atom. The molecule has 0 N–H and O–H groups in total. The minimum absolute atomic E-state index is 0.594. The summed E-state index contributed by atoms with van der Waals surface area (Å²) >= 11 is 2.94. The maximum absolute atomic E-state index is 13.0. The molecule has 2 aromatic carbocycles. The fraction of sp³-hybridized carbons (Fsp3) is 0.118. The zero-order valence-electron chi connectivity index (χ0n) is 11.9. The van der Waals surface area contributed by atoms with Crippen molar-refractivity contribution in [3.63, 3.8) is 0 Å². The van der Waals surface area contributed by atoms with Crippen LogP contribution >= 0.6 is 23.1 Å². The van der Waals surface area contributed by atoms with Gasteiger partial charge in [0.15, 0.2) is 0 Å². The van der Waals surface area contributed by atoms with E-state index in [0.717, 1.165) is 37.7 Å². The number of hydrogen-bond acceptors (Lipinski definition) is 3. The highest BCUT2D eigenvalue weighted by atomic mass is 32.2. The summed E-state index contributed by atoms with van der Waals surface area (Å²) < 4.78 is 39.1. The predicted molar refractivity (Wildman–Crippen MR) is 86.8 cm³/mol. The van der Waals surface area contributed by atoms with Gasteiger partial charge in [-0.15, -0.1) is 11.3 Å². The van der Waals surface area contributed by atoms with Gasteiger partial charge in [-0.3, -0.25) is 0 Å². The summed E-state index contributed by atoms with van der Waals surface area (Å²) in [6, 6.07) is 11.7. The molecular weight excluding hydrogens is 339 g/mol. The SMILES string of the molecule is Cc1nc2c(s1)-c1ccccc1Sc1cc(C(F)(F)F)ccc1-2. The van der Waals surface area contributed by atoms with E-state index in [4.69, 9.17) is 0 Å². The minimum Gasteiger partial charge on any atom is -0.241 e. The lowest BCUT2D eigenvalue weighted by Crippen LogP contribution is -2.04. The molecule has 3 aromatic rings. The van der Waals surface area contributed by atoms with Crippen molar-refractivity contribution >= 4 is 23.1 Å². The van der Waals surface area contributed by atoms with Gasteiger partial charge in [0.1, 0.15) is 0 Å². The van der Waals surface area contributed by atoms with E-state index < -0.39 is 11.7 Å². The second-order valence-electron chi connectivity index (χ2n) is 5.22. The summed E-state index contributed by atoms with van der Waals surface area (Å²) in [5.74, 6) is 0. The molecule has 0 radical (unpaired) electrons. The molecule has 0 saturated carbocycles. The van der Waals surface area contributed by atoms with Crippen LogP contribution < -0.4 is 0 Å². The van der Waals surface area contributed by atoms with Crippen LogP contribution in [0.2, 0.25) is 0 Å². The molecule has 0 atom stereocenters. The first-order valence-electron chi connectivity index (χ1n) is 6.90. The Balaban J connectivity index is 2.02. The second kappa shape index (κ2) is 5.11. The Morgan fingerprint density at radius 3 is 2.52 bits per heavy atom. The second-order valence-corrected chi connectivity index (χ2v) is 7.50. The van der Waals surface area contributed by atoms with Crippen molar-refractivity contribution < 1.29 is 13.2 Å². The van der Waals surface area contributed by atoms with Crippen molar-refractivity contribution in [2.45, 2.75) is 22.9 Å². The molecule has 4 rings (SSSR count). The smallest absolute Gasteiger partial charge is 0.241 e. The molecule has 1 nitrogen and oxygen atoms in total. The van der Waals surface area contributed by atoms with Gasteiger partial charge in [0.2, 0.25) is 0 Å². The van der Waals surface area contributed by atoms with E-state index in [-0.39, 0.29) is 0 Å². The topological polar surface area (TPSA) is 12.9 Å². The molecule has 2 heterocycles. The van der Waals surface area contributed by atoms with Crippen molar-refractivity contribution in [1.29, 1.82) is 0 Å². The third-order valence-corrected chi connectivity index (χ3v) is 5.79. The summed E-state index contributed by atoms with van der Waals surface area (Å²) in [7, 11) is 0. The van der Waals surface area contributed by atoms with Gasteiger partial charge in [-0.25, -0.2) is 4.98 Å². The molecule has 0 fully saturated rings. The zero-order chi connectivity index (χ0) is 16.2. The largest absolute Gasteiger partial charge is 0.416 e. The summed E-state index contributed by atoms with van der Waals surface area (Å²) in [6.07, 6.45) is -4.35. The maximum atomic E-state index is 13.0. The third-order valence-electron chi connectivity index (χ3n) is 3.65. The lowest BCUT2D eigenvalue weighted by molar-refractivity contribution is -0.137. The number of aromatic nitrogens is 1. The van der Waals surface area contributed by atoms with Crippen LogP contribution in [0.4, 0.5) is 13.2 Å². The van der Waals surface area contributed by atoms with Gasteiger partial charge in [0.05, 0.1) is 21.1 Å². The number of alkyl halides is 3. The molecule has 0 bridgehead atoms. The van der Waals surface area contributed by atoms with Gasteiger partial charge >= 0.3 is 6.18 Å². The monoisotopic (exact) mass is 349 g/mol. The van der Waals surface area contributed by atoms with Crippen molar-refractivity contribution in [3.8, 4) is 21.7 Å². The van der Waals surface area contributed by atoms with Crippen LogP contribution in [-0.2, 0) is 6.18 Å². The van der Waals surface area contributed by atoms with Crippen LogP contribution in [-0.4, -0.2) is 4.98 Å². The van der Waals surface area contributed by atoms with Gasteiger partial charge in [-0.2, -0.15) is 13.2 Å². The summed E-state index contributed by atoms with van der Waals surface area (Å²) in [4.78, 5) is 7.13. The average molecular weight is 349 g/mol. The first-order chi connectivity index (χ1) is 10.9. The normalized spacial score (nSPS) is 13.0. The number of thiazole rings is 1. The number of aryl methyl sites for hydroxylation is 1. The summed E-state index contributed by atoms with van der Waals surface area (Å²) in [6.45, 7) is 1.92. The molecule has 0 spiro atoms. The van der Waals surface area contributed by atoms with E-state index in [1.807, 2.05) is 31.2 Å². The Kier molecular flexibility index (Phi) is 3.28. The Labute approximate surface area is 139 Å². The first-order valence-corrected chi connectivity index (χ1v) is 8.53. The highest BCUT2D eigenvalue weighted by Crippen LogP contribution is 2.50. The van der Waals surface area contributed by atoms with Crippen molar-refractivity contribution in [2.75, 3.05) is 0 Å². The van der Waals surface area contributed by atoms with Crippen LogP contribution in [0, 0.1) is 6.92 Å². The standard InChI is InChI=1S/C17H10F3NS2/c1-9-21-15-11-7-6-10(17(18,19)20)8-14(11)23-13-5-3-2-4-12(13)16(15)22-9/h2-8H,1H3. The van der Waals surface area contributed by atoms with Crippen LogP contribution in [0.3, 0.4) is 0 Å². The summed E-state index contributed by atoms with van der Waals surface area (Å²) in [5, 5.41) is 0.905. The Morgan fingerprint density at radius 1 is 0.957 bits per heavy atom. The quantitative estimate of drug-likeness (QED) is 0.371. The molecule has 6 heteroatoms. The van der Waals surface area contributed by atoms with Crippen LogP contribution in [0.25, 0.3) is 21.7 Å². The van der Waals surface area contributed by atoms with Gasteiger partial charge < -0.3 is 0 Å². The zero-order valence-corrected chi connectivity index (χ0v) is 13.6. The Bertz CT molecular complexity index is 912. The molecule has 0 amide bonds. The highest BCUT2D eigenvalue weighted by Gasteiger charge is 2.32. The number of hydrogen-bond donors (Lipinski definition) is 0. The number of fused-ring (bicyclic) bond motifs is 5. The minimum atomic E-state index is -4.35. The molecule has 0 saturated heterocycles. The molecule has 0 unspecified atom stereocenters. The van der Waals surface area contributed by atoms with Gasteiger partial charge in [0.25, 0.3) is 0 Å². The predicted octanol–water partition coefficient (Wildman–Crippen LogP) is 6.27. The average Bonchev–Trinajstić information content (AvgIpc) is 2.83. The number of halogens is 3. The van der Waals surface area contributed by atoms with Gasteiger partial charge in [-0.05, 0) is 25.1 Å². The third kappa shape index (κ3) is 2.46. The molecule has 116 valence electrons. The van der Waals surface area contributed by atoms with Gasteiger partial charge in [0, 0.05) is 20.9 Å². The van der Waals surface area contributed by atoms with E-state index >= 15 is 0 Å². The number of benzene rings is 2. The first kappa shape index (κ1) is 14.8. The maximum Gasteiger partial charge on any atom is 0.416 e. The molecule has 23 heavy (non-hydrogen) atoms. The molecule has 1 aromatic heterocycles. The van der Waals surface area contributed by atoms with Crippen LogP contribution in [0.5, 0.6) is 0 Å². The van der Waals surface area contributed by atoms with Crippen LogP contribution in [0.15, 0.2) is 52.3 Å². The van der Waals surface area contributed by atoms with E-state index in [9.17, 15) is 13.2 Å². The van der Waals surface area contributed by atoms with Crippen molar-refractivity contribution in [2.24, 2.45) is 0 Å². The van der Waals surface area contributed by atoms with Crippen molar-refractivity contribution in [3.05, 3.63) is 53.0 Å². The van der Waals surface area contributed by atoms with Crippen molar-refractivity contribution in [1.82, 2.24) is 4.98 Å². The Hall–Kier alpha value is -1.79. The molecule has 0 aliphatic carbocycles. The van der Waals surface area contributed by atoms with Gasteiger partial charge in [-0.1, -0.05) is 36.0 Å². The molecular formula is C17H10F3NS2. The molecule has 1 aliphatic heterocycles. The lowest BCUT2D eigenvalue weighted by Gasteiger charge is -2.11.